The molecule has 1 heterocycles. The first-order valence-electron chi connectivity index (χ1n) is 7.22. The van der Waals surface area contributed by atoms with E-state index in [9.17, 15) is 0 Å². The smallest absolute Gasteiger partial charge is 0.0573 e. The molecule has 0 radical (unpaired) electrons. The summed E-state index contributed by atoms with van der Waals surface area (Å²) in [5, 5.41) is 1.35. The third-order valence-corrected chi connectivity index (χ3v) is 6.69. The molecule has 1 aromatic heterocycles. The van der Waals surface area contributed by atoms with Crippen LogP contribution in [0.15, 0.2) is 48.5 Å². The highest BCUT2D eigenvalue weighted by molar-refractivity contribution is 6.78. The van der Waals surface area contributed by atoms with Crippen molar-refractivity contribution >= 4 is 19.0 Å². The molecule has 2 aromatic carbocycles. The minimum Gasteiger partial charge on any atom is -0.657 e. The molecule has 0 saturated heterocycles. The molecule has 100 valence electrons. The van der Waals surface area contributed by atoms with Gasteiger partial charge in [-0.2, -0.15) is 0 Å². The summed E-state index contributed by atoms with van der Waals surface area (Å²) < 4.78 is 0. The summed E-state index contributed by atoms with van der Waals surface area (Å²) in [4.78, 5) is 4.92. The summed E-state index contributed by atoms with van der Waals surface area (Å²) in [5.41, 5.74) is 7.28. The number of fused-ring (bicyclic) bond motifs is 5. The van der Waals surface area contributed by atoms with E-state index in [1.165, 1.54) is 27.8 Å². The lowest BCUT2D eigenvalue weighted by Crippen LogP contribution is -2.30. The van der Waals surface area contributed by atoms with Gasteiger partial charge in [0.25, 0.3) is 0 Å². The van der Waals surface area contributed by atoms with Crippen molar-refractivity contribution in [3.05, 3.63) is 59.7 Å². The second kappa shape index (κ2) is 3.86. The predicted molar refractivity (Wildman–Crippen MR) is 87.9 cm³/mol. The van der Waals surface area contributed by atoms with Crippen molar-refractivity contribution in [3.63, 3.8) is 0 Å². The molecular weight excluding hydrogens is 258 g/mol. The maximum absolute atomic E-state index is 4.92. The van der Waals surface area contributed by atoms with Crippen molar-refractivity contribution in [2.24, 2.45) is 0 Å². The average Bonchev–Trinajstić information content (AvgIpc) is 2.92. The lowest BCUT2D eigenvalue weighted by molar-refractivity contribution is 1.14. The Morgan fingerprint density at radius 3 is 2.40 bits per heavy atom. The summed E-state index contributed by atoms with van der Waals surface area (Å²) in [6.45, 7) is 7.39. The topological polar surface area (TPSA) is 14.1 Å². The Morgan fingerprint density at radius 2 is 1.60 bits per heavy atom. The summed E-state index contributed by atoms with van der Waals surface area (Å²) in [6, 6.07) is 17.4. The van der Waals surface area contributed by atoms with Gasteiger partial charge in [-0.1, -0.05) is 73.7 Å². The van der Waals surface area contributed by atoms with Crippen LogP contribution in [0.4, 0.5) is 0 Å². The van der Waals surface area contributed by atoms with Crippen molar-refractivity contribution in [1.29, 1.82) is 0 Å². The Labute approximate surface area is 120 Å². The van der Waals surface area contributed by atoms with E-state index in [0.29, 0.717) is 5.54 Å². The average molecular weight is 276 g/mol. The molecule has 0 saturated carbocycles. The van der Waals surface area contributed by atoms with Gasteiger partial charge in [0.05, 0.1) is 8.07 Å². The van der Waals surface area contributed by atoms with Crippen molar-refractivity contribution in [3.8, 4) is 11.3 Å². The number of aromatic nitrogens is 1. The molecule has 1 aliphatic carbocycles. The van der Waals surface area contributed by atoms with Crippen LogP contribution in [0.3, 0.4) is 0 Å². The summed E-state index contributed by atoms with van der Waals surface area (Å²) >= 11 is 0. The molecule has 0 fully saturated rings. The second-order valence-electron chi connectivity index (χ2n) is 6.78. The second-order valence-corrected chi connectivity index (χ2v) is 12.1. The van der Waals surface area contributed by atoms with Crippen LogP contribution in [-0.2, 0) is 0 Å². The Kier molecular flexibility index (Phi) is 2.31. The SMILES string of the molecule is C[Si](C)(C)C1c2ccccc2-c2[n-]c3ccccc3c21. The van der Waals surface area contributed by atoms with Crippen molar-refractivity contribution in [2.75, 3.05) is 0 Å². The Balaban J connectivity index is 2.13. The molecule has 4 rings (SSSR count). The fourth-order valence-electron chi connectivity index (χ4n) is 3.62. The van der Waals surface area contributed by atoms with E-state index in [1.807, 2.05) is 0 Å². The highest BCUT2D eigenvalue weighted by atomic mass is 28.3. The molecule has 20 heavy (non-hydrogen) atoms. The first-order chi connectivity index (χ1) is 9.57. The number of hydrogen-bond acceptors (Lipinski definition) is 0. The van der Waals surface area contributed by atoms with E-state index in [-0.39, 0.29) is 0 Å². The minimum absolute atomic E-state index is 0.570. The van der Waals surface area contributed by atoms with Crippen molar-refractivity contribution in [2.45, 2.75) is 25.2 Å². The van der Waals surface area contributed by atoms with E-state index >= 15 is 0 Å². The molecule has 1 nitrogen and oxygen atoms in total. The number of hydrogen-bond donors (Lipinski definition) is 0. The quantitative estimate of drug-likeness (QED) is 0.583. The van der Waals surface area contributed by atoms with Gasteiger partial charge in [0.15, 0.2) is 0 Å². The summed E-state index contributed by atoms with van der Waals surface area (Å²) in [5.74, 6) is 0. The number of rotatable bonds is 1. The molecule has 0 aliphatic heterocycles. The van der Waals surface area contributed by atoms with Crippen LogP contribution < -0.4 is 4.98 Å². The zero-order valence-corrected chi connectivity index (χ0v) is 13.1. The Morgan fingerprint density at radius 1 is 0.900 bits per heavy atom. The highest BCUT2D eigenvalue weighted by Gasteiger charge is 2.36. The van der Waals surface area contributed by atoms with E-state index in [1.54, 1.807) is 0 Å². The fraction of sp³-hybridized carbons (Fsp3) is 0.222. The molecule has 3 aromatic rings. The van der Waals surface area contributed by atoms with Crippen LogP contribution in [0.5, 0.6) is 0 Å². The highest BCUT2D eigenvalue weighted by Crippen LogP contribution is 2.50. The third-order valence-electron chi connectivity index (χ3n) is 4.36. The molecule has 0 amide bonds. The molecule has 1 unspecified atom stereocenters. The van der Waals surface area contributed by atoms with Gasteiger partial charge in [-0.3, -0.25) is 0 Å². The predicted octanol–water partition coefficient (Wildman–Crippen LogP) is 4.79. The van der Waals surface area contributed by atoms with Crippen LogP contribution in [0, 0.1) is 0 Å². The van der Waals surface area contributed by atoms with Gasteiger partial charge >= 0.3 is 0 Å². The Bertz CT molecular complexity index is 808. The number of nitrogens with zero attached hydrogens (tertiary/aromatic N) is 1. The molecular formula is C18H18NSi-. The lowest BCUT2D eigenvalue weighted by atomic mass is 10.1. The number of para-hydroxylation sites is 1. The van der Waals surface area contributed by atoms with E-state index in [2.05, 4.69) is 68.2 Å². The van der Waals surface area contributed by atoms with Gasteiger partial charge in [0.1, 0.15) is 0 Å². The lowest BCUT2D eigenvalue weighted by Gasteiger charge is -2.27. The third kappa shape index (κ3) is 1.48. The summed E-state index contributed by atoms with van der Waals surface area (Å²) in [6.07, 6.45) is 0. The van der Waals surface area contributed by atoms with Crippen molar-refractivity contribution in [1.82, 2.24) is 4.98 Å². The van der Waals surface area contributed by atoms with E-state index in [4.69, 9.17) is 4.98 Å². The first-order valence-corrected chi connectivity index (χ1v) is 10.8. The van der Waals surface area contributed by atoms with Gasteiger partial charge in [0, 0.05) is 5.54 Å². The Hall–Kier alpha value is -1.80. The van der Waals surface area contributed by atoms with E-state index in [0.717, 1.165) is 5.52 Å². The molecule has 0 bridgehead atoms. The largest absolute Gasteiger partial charge is 0.657 e. The van der Waals surface area contributed by atoms with Crippen LogP contribution >= 0.6 is 0 Å². The minimum atomic E-state index is -1.35. The standard InChI is InChI=1S/C18H18NSi/c1-20(2,3)18-13-9-5-4-8-12(13)17-16(18)14-10-6-7-11-15(14)19-17/h4-11,18H,1-3H3/q-1. The maximum Gasteiger partial charge on any atom is 0.0573 e. The zero-order chi connectivity index (χ0) is 13.9. The molecule has 2 heteroatoms. The van der Waals surface area contributed by atoms with Crippen molar-refractivity contribution < 1.29 is 0 Å². The molecule has 0 N–H and O–H groups in total. The first kappa shape index (κ1) is 12.0. The van der Waals surface area contributed by atoms with Crippen LogP contribution in [0.2, 0.25) is 19.6 Å². The van der Waals surface area contributed by atoms with Gasteiger partial charge in [-0.25, -0.2) is 0 Å². The van der Waals surface area contributed by atoms with Crippen LogP contribution in [-0.4, -0.2) is 8.07 Å². The fourth-order valence-corrected chi connectivity index (χ4v) is 5.97. The monoisotopic (exact) mass is 276 g/mol. The molecule has 0 spiro atoms. The van der Waals surface area contributed by atoms with Gasteiger partial charge in [-0.15, -0.1) is 11.2 Å². The van der Waals surface area contributed by atoms with Gasteiger partial charge < -0.3 is 4.98 Å². The van der Waals surface area contributed by atoms with E-state index < -0.39 is 8.07 Å². The molecule has 1 aliphatic rings. The van der Waals surface area contributed by atoms with Gasteiger partial charge in [0.2, 0.25) is 0 Å². The maximum atomic E-state index is 4.92. The zero-order valence-electron chi connectivity index (χ0n) is 12.1. The normalized spacial score (nSPS) is 17.2. The summed E-state index contributed by atoms with van der Waals surface area (Å²) in [7, 11) is -1.35. The van der Waals surface area contributed by atoms with Crippen LogP contribution in [0.1, 0.15) is 16.7 Å². The van der Waals surface area contributed by atoms with Crippen LogP contribution in [0.25, 0.3) is 22.2 Å². The van der Waals surface area contributed by atoms with Gasteiger partial charge in [-0.05, 0) is 16.5 Å². The molecule has 1 atom stereocenters. The number of benzene rings is 2.